The highest BCUT2D eigenvalue weighted by molar-refractivity contribution is 5.61. The van der Waals surface area contributed by atoms with Gasteiger partial charge in [-0.1, -0.05) is 36.4 Å². The third kappa shape index (κ3) is 2.37. The van der Waals surface area contributed by atoms with Gasteiger partial charge in [0.05, 0.1) is 0 Å². The van der Waals surface area contributed by atoms with Crippen LogP contribution in [0, 0.1) is 0 Å². The Morgan fingerprint density at radius 1 is 1.15 bits per heavy atom. The lowest BCUT2D eigenvalue weighted by Gasteiger charge is -1.99. The average Bonchev–Trinajstić information content (AvgIpc) is 2.13. The van der Waals surface area contributed by atoms with Gasteiger partial charge in [0.2, 0.25) is 0 Å². The van der Waals surface area contributed by atoms with Gasteiger partial charge in [0, 0.05) is 5.56 Å². The van der Waals surface area contributed by atoms with E-state index in [1.165, 1.54) is 6.07 Å². The van der Waals surface area contributed by atoms with Gasteiger partial charge in [0.1, 0.15) is 0 Å². The summed E-state index contributed by atoms with van der Waals surface area (Å²) in [5.74, 6) is -0.175. The lowest BCUT2D eigenvalue weighted by molar-refractivity contribution is 0.403. The van der Waals surface area contributed by atoms with Gasteiger partial charge < -0.3 is 10.2 Å². The molecule has 0 amide bonds. The van der Waals surface area contributed by atoms with Crippen molar-refractivity contribution in [1.82, 2.24) is 0 Å². The zero-order chi connectivity index (χ0) is 9.68. The normalized spacial score (nSPS) is 11.5. The standard InChI is InChI=1S/C11H12O2/c1-2-3-4-6-9-7-5-8-10(12)11(9)13/h2-8,12-13H,1H3/b3-2+,6-4+. The molecule has 2 nitrogen and oxygen atoms in total. The molecule has 68 valence electrons. The van der Waals surface area contributed by atoms with Crippen LogP contribution in [0.1, 0.15) is 12.5 Å². The third-order valence-corrected chi connectivity index (χ3v) is 1.63. The van der Waals surface area contributed by atoms with Crippen molar-refractivity contribution in [2.24, 2.45) is 0 Å². The first kappa shape index (κ1) is 9.39. The van der Waals surface area contributed by atoms with Crippen molar-refractivity contribution in [1.29, 1.82) is 0 Å². The maximum atomic E-state index is 9.37. The molecule has 0 fully saturated rings. The Labute approximate surface area is 77.5 Å². The first-order chi connectivity index (χ1) is 6.25. The monoisotopic (exact) mass is 176 g/mol. The molecule has 0 spiro atoms. The number of aromatic hydroxyl groups is 2. The Morgan fingerprint density at radius 3 is 2.62 bits per heavy atom. The van der Waals surface area contributed by atoms with Crippen LogP contribution in [0.5, 0.6) is 11.5 Å². The molecular weight excluding hydrogens is 164 g/mol. The highest BCUT2D eigenvalue weighted by atomic mass is 16.3. The largest absolute Gasteiger partial charge is 0.504 e. The summed E-state index contributed by atoms with van der Waals surface area (Å²) in [6.07, 6.45) is 7.27. The summed E-state index contributed by atoms with van der Waals surface area (Å²) in [7, 11) is 0. The number of benzene rings is 1. The highest BCUT2D eigenvalue weighted by Crippen LogP contribution is 2.28. The van der Waals surface area contributed by atoms with Gasteiger partial charge in [-0.3, -0.25) is 0 Å². The van der Waals surface area contributed by atoms with Crippen molar-refractivity contribution in [3.8, 4) is 11.5 Å². The molecule has 0 aliphatic rings. The van der Waals surface area contributed by atoms with E-state index in [4.69, 9.17) is 5.11 Å². The summed E-state index contributed by atoms with van der Waals surface area (Å²) < 4.78 is 0. The smallest absolute Gasteiger partial charge is 0.164 e. The molecule has 0 radical (unpaired) electrons. The topological polar surface area (TPSA) is 40.5 Å². The van der Waals surface area contributed by atoms with Gasteiger partial charge in [0.15, 0.2) is 11.5 Å². The van der Waals surface area contributed by atoms with E-state index < -0.39 is 0 Å². The van der Waals surface area contributed by atoms with E-state index in [-0.39, 0.29) is 11.5 Å². The molecule has 0 bridgehead atoms. The molecule has 0 unspecified atom stereocenters. The number of para-hydroxylation sites is 1. The molecule has 1 aromatic rings. The second-order valence-electron chi connectivity index (χ2n) is 2.60. The van der Waals surface area contributed by atoms with Crippen LogP contribution in [0.15, 0.2) is 36.4 Å². The minimum atomic E-state index is -0.0948. The summed E-state index contributed by atoms with van der Waals surface area (Å²) in [4.78, 5) is 0. The van der Waals surface area contributed by atoms with Gasteiger partial charge in [-0.25, -0.2) is 0 Å². The molecule has 2 heteroatoms. The van der Waals surface area contributed by atoms with Crippen LogP contribution in [-0.2, 0) is 0 Å². The zero-order valence-electron chi connectivity index (χ0n) is 7.44. The van der Waals surface area contributed by atoms with E-state index in [0.29, 0.717) is 5.56 Å². The van der Waals surface area contributed by atoms with Gasteiger partial charge in [-0.05, 0) is 13.0 Å². The van der Waals surface area contributed by atoms with Crippen LogP contribution < -0.4 is 0 Å². The first-order valence-corrected chi connectivity index (χ1v) is 4.06. The van der Waals surface area contributed by atoms with E-state index in [1.54, 1.807) is 24.3 Å². The quantitative estimate of drug-likeness (QED) is 0.537. The van der Waals surface area contributed by atoms with Gasteiger partial charge in [-0.2, -0.15) is 0 Å². The van der Waals surface area contributed by atoms with Gasteiger partial charge in [-0.15, -0.1) is 0 Å². The Morgan fingerprint density at radius 2 is 1.92 bits per heavy atom. The fourth-order valence-electron chi connectivity index (χ4n) is 0.954. The molecule has 2 N–H and O–H groups in total. The van der Waals surface area contributed by atoms with E-state index in [9.17, 15) is 5.11 Å². The van der Waals surface area contributed by atoms with Crippen molar-refractivity contribution in [2.45, 2.75) is 6.92 Å². The Hall–Kier alpha value is -1.70. The molecule has 0 saturated carbocycles. The van der Waals surface area contributed by atoms with E-state index in [0.717, 1.165) is 0 Å². The van der Waals surface area contributed by atoms with Crippen molar-refractivity contribution in [2.75, 3.05) is 0 Å². The zero-order valence-corrected chi connectivity index (χ0v) is 7.44. The number of hydrogen-bond donors (Lipinski definition) is 2. The number of rotatable bonds is 2. The van der Waals surface area contributed by atoms with Crippen LogP contribution in [0.4, 0.5) is 0 Å². The fraction of sp³-hybridized carbons (Fsp3) is 0.0909. The van der Waals surface area contributed by atoms with Crippen molar-refractivity contribution in [3.05, 3.63) is 42.0 Å². The van der Waals surface area contributed by atoms with Crippen molar-refractivity contribution >= 4 is 6.08 Å². The molecule has 1 aromatic carbocycles. The number of phenols is 2. The lowest BCUT2D eigenvalue weighted by atomic mass is 10.1. The predicted molar refractivity (Wildman–Crippen MR) is 53.6 cm³/mol. The maximum Gasteiger partial charge on any atom is 0.164 e. The molecule has 0 heterocycles. The third-order valence-electron chi connectivity index (χ3n) is 1.63. The number of allylic oxidation sites excluding steroid dienone is 3. The Kier molecular flexibility index (Phi) is 3.15. The lowest BCUT2D eigenvalue weighted by Crippen LogP contribution is -1.74. The molecule has 0 aliphatic carbocycles. The van der Waals surface area contributed by atoms with Crippen LogP contribution in [0.3, 0.4) is 0 Å². The SMILES string of the molecule is C/C=C/C=C/c1cccc(O)c1O. The predicted octanol–water partition coefficient (Wildman–Crippen LogP) is 2.69. The van der Waals surface area contributed by atoms with E-state index >= 15 is 0 Å². The van der Waals surface area contributed by atoms with E-state index in [1.807, 2.05) is 19.1 Å². The Bertz CT molecular complexity index is 338. The molecule has 0 aromatic heterocycles. The molecule has 0 atom stereocenters. The summed E-state index contributed by atoms with van der Waals surface area (Å²) in [5, 5.41) is 18.5. The molecular formula is C11H12O2. The van der Waals surface area contributed by atoms with Gasteiger partial charge in [0.25, 0.3) is 0 Å². The molecule has 1 rings (SSSR count). The van der Waals surface area contributed by atoms with Crippen molar-refractivity contribution in [3.63, 3.8) is 0 Å². The maximum absolute atomic E-state index is 9.37. The molecule has 0 saturated heterocycles. The molecule has 0 aliphatic heterocycles. The number of hydrogen-bond acceptors (Lipinski definition) is 2. The fourth-order valence-corrected chi connectivity index (χ4v) is 0.954. The first-order valence-electron chi connectivity index (χ1n) is 4.06. The second kappa shape index (κ2) is 4.36. The second-order valence-corrected chi connectivity index (χ2v) is 2.60. The van der Waals surface area contributed by atoms with Crippen LogP contribution in [0.25, 0.3) is 6.08 Å². The summed E-state index contributed by atoms with van der Waals surface area (Å²) in [6, 6.07) is 4.86. The summed E-state index contributed by atoms with van der Waals surface area (Å²) in [5.41, 5.74) is 0.609. The number of phenolic OH excluding ortho intramolecular Hbond substituents is 2. The summed E-state index contributed by atoms with van der Waals surface area (Å²) >= 11 is 0. The molecule has 13 heavy (non-hydrogen) atoms. The van der Waals surface area contributed by atoms with Crippen LogP contribution >= 0.6 is 0 Å². The minimum absolute atomic E-state index is 0.0803. The van der Waals surface area contributed by atoms with Gasteiger partial charge >= 0.3 is 0 Å². The average molecular weight is 176 g/mol. The minimum Gasteiger partial charge on any atom is -0.504 e. The summed E-state index contributed by atoms with van der Waals surface area (Å²) in [6.45, 7) is 1.91. The Balaban J connectivity index is 2.95. The van der Waals surface area contributed by atoms with Crippen LogP contribution in [-0.4, -0.2) is 10.2 Å². The van der Waals surface area contributed by atoms with E-state index in [2.05, 4.69) is 0 Å². The highest BCUT2D eigenvalue weighted by Gasteiger charge is 2.00. The van der Waals surface area contributed by atoms with Crippen molar-refractivity contribution < 1.29 is 10.2 Å². The van der Waals surface area contributed by atoms with Crippen LogP contribution in [0.2, 0.25) is 0 Å².